The first kappa shape index (κ1) is 26.4. The zero-order chi connectivity index (χ0) is 27.0. The Hall–Kier alpha value is -4.23. The van der Waals surface area contributed by atoms with Gasteiger partial charge in [0.15, 0.2) is 11.5 Å². The number of methoxy groups -OCH3 is 1. The summed E-state index contributed by atoms with van der Waals surface area (Å²) in [5, 5.41) is 0. The van der Waals surface area contributed by atoms with Crippen molar-refractivity contribution in [3.8, 4) is 22.6 Å². The standard InChI is InChI=1S/C32H31FN2O4/c1-37-30-13-4-23(17-31(30)39-22-25-14-16-38-21-25)19-35(20-24-3-2-15-34-18-24)32(36)28-7-5-26(6-8-28)27-9-11-29(33)12-10-27/h2-13,15,17-18,25H,14,16,19-22H2,1H3/t25-/m0/s1. The van der Waals surface area contributed by atoms with E-state index in [1.54, 1.807) is 36.5 Å². The molecule has 1 aliphatic heterocycles. The molecule has 6 nitrogen and oxygen atoms in total. The smallest absolute Gasteiger partial charge is 0.254 e. The predicted molar refractivity (Wildman–Crippen MR) is 147 cm³/mol. The molecule has 1 atom stereocenters. The lowest BCUT2D eigenvalue weighted by Crippen LogP contribution is -2.30. The van der Waals surface area contributed by atoms with Crippen LogP contribution in [0.25, 0.3) is 11.1 Å². The highest BCUT2D eigenvalue weighted by molar-refractivity contribution is 5.94. The summed E-state index contributed by atoms with van der Waals surface area (Å²) >= 11 is 0. The van der Waals surface area contributed by atoms with Crippen molar-refractivity contribution in [2.75, 3.05) is 26.9 Å². The maximum Gasteiger partial charge on any atom is 0.254 e. The van der Waals surface area contributed by atoms with Gasteiger partial charge in [-0.25, -0.2) is 4.39 Å². The number of carbonyl (C=O) groups is 1. The predicted octanol–water partition coefficient (Wildman–Crippen LogP) is 6.15. The van der Waals surface area contributed by atoms with E-state index in [9.17, 15) is 9.18 Å². The SMILES string of the molecule is COc1ccc(CN(Cc2cccnc2)C(=O)c2ccc(-c3ccc(F)cc3)cc2)cc1OC[C@H]1CCOC1. The van der Waals surface area contributed by atoms with E-state index in [-0.39, 0.29) is 11.7 Å². The molecule has 2 heterocycles. The van der Waals surface area contributed by atoms with Gasteiger partial charge >= 0.3 is 0 Å². The molecule has 1 aliphatic rings. The second kappa shape index (κ2) is 12.5. The monoisotopic (exact) mass is 526 g/mol. The van der Waals surface area contributed by atoms with E-state index in [1.165, 1.54) is 12.1 Å². The number of carbonyl (C=O) groups excluding carboxylic acids is 1. The van der Waals surface area contributed by atoms with Crippen LogP contribution >= 0.6 is 0 Å². The molecule has 7 heteroatoms. The molecule has 39 heavy (non-hydrogen) atoms. The van der Waals surface area contributed by atoms with Crippen LogP contribution in [0.1, 0.15) is 27.9 Å². The van der Waals surface area contributed by atoms with Crippen LogP contribution in [0.15, 0.2) is 91.3 Å². The fourth-order valence-corrected chi connectivity index (χ4v) is 4.62. The van der Waals surface area contributed by atoms with Crippen LogP contribution in [-0.4, -0.2) is 42.7 Å². The van der Waals surface area contributed by atoms with Gasteiger partial charge in [-0.15, -0.1) is 0 Å². The van der Waals surface area contributed by atoms with E-state index in [2.05, 4.69) is 4.98 Å². The van der Waals surface area contributed by atoms with Gasteiger partial charge in [-0.2, -0.15) is 0 Å². The molecule has 0 aliphatic carbocycles. The van der Waals surface area contributed by atoms with E-state index >= 15 is 0 Å². The number of nitrogens with zero attached hydrogens (tertiary/aromatic N) is 2. The lowest BCUT2D eigenvalue weighted by atomic mass is 10.0. The normalized spacial score (nSPS) is 14.7. The van der Waals surface area contributed by atoms with Gasteiger partial charge in [0.1, 0.15) is 5.82 Å². The molecule has 0 N–H and O–H groups in total. The molecule has 1 aromatic heterocycles. The second-order valence-corrected chi connectivity index (χ2v) is 9.63. The highest BCUT2D eigenvalue weighted by atomic mass is 19.1. The minimum Gasteiger partial charge on any atom is -0.493 e. The van der Waals surface area contributed by atoms with Crippen molar-refractivity contribution in [3.63, 3.8) is 0 Å². The van der Waals surface area contributed by atoms with E-state index in [0.29, 0.717) is 49.3 Å². The van der Waals surface area contributed by atoms with Crippen molar-refractivity contribution in [2.24, 2.45) is 5.92 Å². The molecule has 0 saturated carbocycles. The summed E-state index contributed by atoms with van der Waals surface area (Å²) in [6, 6.07) is 23.3. The Labute approximate surface area is 228 Å². The molecule has 4 aromatic rings. The fraction of sp³-hybridized carbons (Fsp3) is 0.250. The van der Waals surface area contributed by atoms with Crippen molar-refractivity contribution >= 4 is 5.91 Å². The molecule has 5 rings (SSSR count). The average Bonchev–Trinajstić information content (AvgIpc) is 3.50. The summed E-state index contributed by atoms with van der Waals surface area (Å²) in [4.78, 5) is 19.7. The largest absolute Gasteiger partial charge is 0.493 e. The summed E-state index contributed by atoms with van der Waals surface area (Å²) in [6.07, 6.45) is 4.46. The Morgan fingerprint density at radius 1 is 0.974 bits per heavy atom. The summed E-state index contributed by atoms with van der Waals surface area (Å²) in [5.74, 6) is 1.28. The van der Waals surface area contributed by atoms with Crippen LogP contribution in [0.3, 0.4) is 0 Å². The molecule has 1 fully saturated rings. The number of hydrogen-bond acceptors (Lipinski definition) is 5. The Bertz CT molecular complexity index is 1370. The third-order valence-electron chi connectivity index (χ3n) is 6.79. The number of benzene rings is 3. The number of rotatable bonds is 10. The molecule has 3 aromatic carbocycles. The molecule has 200 valence electrons. The van der Waals surface area contributed by atoms with Gasteiger partial charge in [-0.05, 0) is 71.1 Å². The number of hydrogen-bond donors (Lipinski definition) is 0. The lowest BCUT2D eigenvalue weighted by molar-refractivity contribution is 0.0729. The van der Waals surface area contributed by atoms with Crippen LogP contribution in [0, 0.1) is 11.7 Å². The average molecular weight is 527 g/mol. The summed E-state index contributed by atoms with van der Waals surface area (Å²) in [5.41, 5.74) is 4.22. The molecule has 0 bridgehead atoms. The first-order valence-electron chi connectivity index (χ1n) is 13.0. The zero-order valence-corrected chi connectivity index (χ0v) is 21.9. The topological polar surface area (TPSA) is 60.9 Å². The van der Waals surface area contributed by atoms with Crippen molar-refractivity contribution in [2.45, 2.75) is 19.5 Å². The quantitative estimate of drug-likeness (QED) is 0.248. The molecular formula is C32H31FN2O4. The van der Waals surface area contributed by atoms with Crippen LogP contribution in [0.2, 0.25) is 0 Å². The summed E-state index contributed by atoms with van der Waals surface area (Å²) in [7, 11) is 1.62. The number of amides is 1. The maximum atomic E-state index is 13.7. The first-order chi connectivity index (χ1) is 19.1. The van der Waals surface area contributed by atoms with Crippen molar-refractivity contribution in [1.82, 2.24) is 9.88 Å². The fourth-order valence-electron chi connectivity index (χ4n) is 4.62. The molecule has 0 radical (unpaired) electrons. The summed E-state index contributed by atoms with van der Waals surface area (Å²) < 4.78 is 30.4. The van der Waals surface area contributed by atoms with Crippen molar-refractivity contribution in [3.05, 3.63) is 114 Å². The van der Waals surface area contributed by atoms with Gasteiger partial charge in [0.2, 0.25) is 0 Å². The van der Waals surface area contributed by atoms with E-state index < -0.39 is 0 Å². The van der Waals surface area contributed by atoms with Crippen molar-refractivity contribution < 1.29 is 23.4 Å². The van der Waals surface area contributed by atoms with Gasteiger partial charge in [0.25, 0.3) is 5.91 Å². The summed E-state index contributed by atoms with van der Waals surface area (Å²) in [6.45, 7) is 2.80. The van der Waals surface area contributed by atoms with Crippen LogP contribution in [-0.2, 0) is 17.8 Å². The Kier molecular flexibility index (Phi) is 8.48. The highest BCUT2D eigenvalue weighted by Crippen LogP contribution is 2.30. The van der Waals surface area contributed by atoms with Gasteiger partial charge < -0.3 is 19.1 Å². The minimum absolute atomic E-state index is 0.106. The molecule has 1 saturated heterocycles. The van der Waals surface area contributed by atoms with Gasteiger partial charge in [-0.3, -0.25) is 9.78 Å². The zero-order valence-electron chi connectivity index (χ0n) is 21.9. The Morgan fingerprint density at radius 3 is 2.38 bits per heavy atom. The van der Waals surface area contributed by atoms with Gasteiger partial charge in [0, 0.05) is 43.6 Å². The van der Waals surface area contributed by atoms with E-state index in [1.807, 2.05) is 54.6 Å². The number of ether oxygens (including phenoxy) is 3. The number of pyridine rings is 1. The molecule has 0 spiro atoms. The third kappa shape index (κ3) is 6.81. The van der Waals surface area contributed by atoms with Crippen LogP contribution < -0.4 is 9.47 Å². The second-order valence-electron chi connectivity index (χ2n) is 9.63. The lowest BCUT2D eigenvalue weighted by Gasteiger charge is -2.24. The van der Waals surface area contributed by atoms with Gasteiger partial charge in [0.05, 0.1) is 20.3 Å². The number of halogens is 1. The molecule has 1 amide bonds. The van der Waals surface area contributed by atoms with Crippen LogP contribution in [0.4, 0.5) is 4.39 Å². The molecular weight excluding hydrogens is 495 g/mol. The van der Waals surface area contributed by atoms with Crippen molar-refractivity contribution in [1.29, 1.82) is 0 Å². The molecule has 0 unspecified atom stereocenters. The first-order valence-corrected chi connectivity index (χ1v) is 13.0. The van der Waals surface area contributed by atoms with Crippen LogP contribution in [0.5, 0.6) is 11.5 Å². The highest BCUT2D eigenvalue weighted by Gasteiger charge is 2.20. The van der Waals surface area contributed by atoms with E-state index in [4.69, 9.17) is 14.2 Å². The number of aromatic nitrogens is 1. The third-order valence-corrected chi connectivity index (χ3v) is 6.79. The minimum atomic E-state index is -0.281. The van der Waals surface area contributed by atoms with E-state index in [0.717, 1.165) is 35.3 Å². The maximum absolute atomic E-state index is 13.7. The Balaban J connectivity index is 1.37. The Morgan fingerprint density at radius 2 is 1.72 bits per heavy atom. The van der Waals surface area contributed by atoms with Gasteiger partial charge in [-0.1, -0.05) is 36.4 Å².